The molecule has 1 aromatic heterocycles. The zero-order chi connectivity index (χ0) is 21.5. The van der Waals surface area contributed by atoms with Gasteiger partial charge in [-0.05, 0) is 30.2 Å². The third-order valence-corrected chi connectivity index (χ3v) is 5.41. The minimum Gasteiger partial charge on any atom is -0.493 e. The Morgan fingerprint density at radius 3 is 2.39 bits per heavy atom. The van der Waals surface area contributed by atoms with Crippen molar-refractivity contribution in [2.45, 2.75) is 6.92 Å². The van der Waals surface area contributed by atoms with Gasteiger partial charge in [0, 0.05) is 22.6 Å². The number of rotatable bonds is 7. The second kappa shape index (κ2) is 9.87. The summed E-state index contributed by atoms with van der Waals surface area (Å²) in [4.78, 5) is 16.9. The number of amides is 1. The summed E-state index contributed by atoms with van der Waals surface area (Å²) < 4.78 is 5.58. The summed E-state index contributed by atoms with van der Waals surface area (Å²) in [6, 6.07) is 26.1. The van der Waals surface area contributed by atoms with E-state index in [0.29, 0.717) is 11.7 Å². The molecule has 4 nitrogen and oxygen atoms in total. The molecule has 0 saturated carbocycles. The van der Waals surface area contributed by atoms with Crippen molar-refractivity contribution in [2.24, 2.45) is 0 Å². The van der Waals surface area contributed by atoms with Crippen LogP contribution in [0.25, 0.3) is 28.5 Å². The van der Waals surface area contributed by atoms with E-state index in [2.05, 4.69) is 34.6 Å². The number of carbonyl (C=O) groups excluding carboxylic acids is 1. The summed E-state index contributed by atoms with van der Waals surface area (Å²) in [6.45, 7) is 2.51. The molecule has 0 fully saturated rings. The molecular formula is C26H22N2O2S. The smallest absolute Gasteiger partial charge is 0.250 e. The number of anilines is 1. The van der Waals surface area contributed by atoms with E-state index in [1.54, 1.807) is 6.08 Å². The SMILES string of the molecule is CCOc1ccccc1/C=C/C(=O)Nc1nc(-c2ccc(-c3ccccc3)cc2)cs1. The Kier molecular flexibility index (Phi) is 6.55. The molecule has 1 heterocycles. The van der Waals surface area contributed by atoms with Gasteiger partial charge >= 0.3 is 0 Å². The number of nitrogens with one attached hydrogen (secondary N) is 1. The van der Waals surface area contributed by atoms with Gasteiger partial charge < -0.3 is 4.74 Å². The highest BCUT2D eigenvalue weighted by molar-refractivity contribution is 7.14. The van der Waals surface area contributed by atoms with E-state index in [-0.39, 0.29) is 5.91 Å². The minimum atomic E-state index is -0.230. The molecule has 0 radical (unpaired) electrons. The average Bonchev–Trinajstić information content (AvgIpc) is 3.28. The molecule has 0 spiro atoms. The van der Waals surface area contributed by atoms with Gasteiger partial charge in [0.15, 0.2) is 5.13 Å². The second-order valence-corrected chi connectivity index (χ2v) is 7.63. The molecule has 1 N–H and O–H groups in total. The third-order valence-electron chi connectivity index (χ3n) is 4.66. The zero-order valence-corrected chi connectivity index (χ0v) is 17.9. The van der Waals surface area contributed by atoms with Gasteiger partial charge in [-0.25, -0.2) is 4.98 Å². The predicted molar refractivity (Wildman–Crippen MR) is 128 cm³/mol. The van der Waals surface area contributed by atoms with Gasteiger partial charge in [-0.3, -0.25) is 10.1 Å². The van der Waals surface area contributed by atoms with E-state index in [1.807, 2.05) is 66.9 Å². The lowest BCUT2D eigenvalue weighted by molar-refractivity contribution is -0.111. The Hall–Kier alpha value is -3.70. The topological polar surface area (TPSA) is 51.2 Å². The van der Waals surface area contributed by atoms with Gasteiger partial charge in [0.1, 0.15) is 5.75 Å². The van der Waals surface area contributed by atoms with E-state index >= 15 is 0 Å². The summed E-state index contributed by atoms with van der Waals surface area (Å²) >= 11 is 1.40. The van der Waals surface area contributed by atoms with E-state index in [9.17, 15) is 4.79 Å². The molecular weight excluding hydrogens is 404 g/mol. The number of para-hydroxylation sites is 1. The van der Waals surface area contributed by atoms with E-state index in [1.165, 1.54) is 23.0 Å². The largest absolute Gasteiger partial charge is 0.493 e. The number of thiazole rings is 1. The van der Waals surface area contributed by atoms with E-state index in [0.717, 1.165) is 28.1 Å². The first-order valence-corrected chi connectivity index (χ1v) is 10.9. The predicted octanol–water partition coefficient (Wildman–Crippen LogP) is 6.53. The molecule has 0 aliphatic carbocycles. The highest BCUT2D eigenvalue weighted by Gasteiger charge is 2.07. The maximum Gasteiger partial charge on any atom is 0.250 e. The molecule has 4 aromatic rings. The molecule has 0 bridgehead atoms. The molecule has 0 unspecified atom stereocenters. The number of nitrogens with zero attached hydrogens (tertiary/aromatic N) is 1. The van der Waals surface area contributed by atoms with Gasteiger partial charge in [-0.1, -0.05) is 72.8 Å². The van der Waals surface area contributed by atoms with Crippen molar-refractivity contribution in [1.29, 1.82) is 0 Å². The maximum absolute atomic E-state index is 12.3. The lowest BCUT2D eigenvalue weighted by Crippen LogP contribution is -2.07. The summed E-state index contributed by atoms with van der Waals surface area (Å²) in [5.74, 6) is 0.524. The number of hydrogen-bond donors (Lipinski definition) is 1. The Balaban J connectivity index is 1.42. The van der Waals surface area contributed by atoms with Crippen LogP contribution in [0.15, 0.2) is 90.3 Å². The van der Waals surface area contributed by atoms with Gasteiger partial charge in [0.2, 0.25) is 5.91 Å². The van der Waals surface area contributed by atoms with Crippen LogP contribution >= 0.6 is 11.3 Å². The Bertz CT molecular complexity index is 1180. The van der Waals surface area contributed by atoms with Crippen LogP contribution in [-0.4, -0.2) is 17.5 Å². The fourth-order valence-electron chi connectivity index (χ4n) is 3.15. The number of aromatic nitrogens is 1. The van der Waals surface area contributed by atoms with Gasteiger partial charge in [0.05, 0.1) is 12.3 Å². The minimum absolute atomic E-state index is 0.230. The zero-order valence-electron chi connectivity index (χ0n) is 17.1. The van der Waals surface area contributed by atoms with Crippen molar-refractivity contribution >= 4 is 28.5 Å². The van der Waals surface area contributed by atoms with Crippen molar-refractivity contribution in [3.63, 3.8) is 0 Å². The third kappa shape index (κ3) is 5.27. The second-order valence-electron chi connectivity index (χ2n) is 6.77. The molecule has 31 heavy (non-hydrogen) atoms. The van der Waals surface area contributed by atoms with Crippen LogP contribution in [0.5, 0.6) is 5.75 Å². The van der Waals surface area contributed by atoms with Crippen molar-refractivity contribution in [1.82, 2.24) is 4.98 Å². The molecule has 0 saturated heterocycles. The summed E-state index contributed by atoms with van der Waals surface area (Å²) in [6.07, 6.45) is 3.24. The number of carbonyl (C=O) groups is 1. The molecule has 154 valence electrons. The molecule has 0 aliphatic rings. The lowest BCUT2D eigenvalue weighted by atomic mass is 10.0. The normalized spacial score (nSPS) is 10.9. The van der Waals surface area contributed by atoms with Crippen molar-refractivity contribution in [2.75, 3.05) is 11.9 Å². The summed E-state index contributed by atoms with van der Waals surface area (Å²) in [5, 5.41) is 5.34. The highest BCUT2D eigenvalue weighted by atomic mass is 32.1. The van der Waals surface area contributed by atoms with Gasteiger partial charge in [-0.2, -0.15) is 0 Å². The van der Waals surface area contributed by atoms with Crippen molar-refractivity contribution in [3.8, 4) is 28.1 Å². The average molecular weight is 427 g/mol. The summed E-state index contributed by atoms with van der Waals surface area (Å²) in [5.41, 5.74) is 5.05. The molecule has 1 amide bonds. The Labute approximate surface area is 185 Å². The van der Waals surface area contributed by atoms with Crippen molar-refractivity contribution < 1.29 is 9.53 Å². The van der Waals surface area contributed by atoms with Crippen LogP contribution in [0.4, 0.5) is 5.13 Å². The quantitative estimate of drug-likeness (QED) is 0.342. The Morgan fingerprint density at radius 2 is 1.61 bits per heavy atom. The van der Waals surface area contributed by atoms with Crippen LogP contribution in [0, 0.1) is 0 Å². The van der Waals surface area contributed by atoms with Crippen LogP contribution in [-0.2, 0) is 4.79 Å². The fourth-order valence-corrected chi connectivity index (χ4v) is 3.87. The molecule has 0 atom stereocenters. The van der Waals surface area contributed by atoms with Crippen LogP contribution in [0.1, 0.15) is 12.5 Å². The molecule has 3 aromatic carbocycles. The molecule has 4 rings (SSSR count). The number of hydrogen-bond acceptors (Lipinski definition) is 4. The van der Waals surface area contributed by atoms with Gasteiger partial charge in [-0.15, -0.1) is 11.3 Å². The highest BCUT2D eigenvalue weighted by Crippen LogP contribution is 2.27. The van der Waals surface area contributed by atoms with Crippen LogP contribution in [0.2, 0.25) is 0 Å². The van der Waals surface area contributed by atoms with Crippen molar-refractivity contribution in [3.05, 3.63) is 95.9 Å². The first-order valence-electron chi connectivity index (χ1n) is 10.0. The van der Waals surface area contributed by atoms with Crippen LogP contribution < -0.4 is 10.1 Å². The molecule has 0 aliphatic heterocycles. The Morgan fingerprint density at radius 1 is 0.935 bits per heavy atom. The summed E-state index contributed by atoms with van der Waals surface area (Å²) in [7, 11) is 0. The standard InChI is InChI=1S/C26H22N2O2S/c1-2-30-24-11-7-6-10-22(24)16-17-25(29)28-26-27-23(18-31-26)21-14-12-20(13-15-21)19-8-4-3-5-9-19/h3-18H,2H2,1H3,(H,27,28,29)/b17-16+. The number of benzene rings is 3. The van der Waals surface area contributed by atoms with Crippen LogP contribution in [0.3, 0.4) is 0 Å². The first-order chi connectivity index (χ1) is 15.2. The van der Waals surface area contributed by atoms with Gasteiger partial charge in [0.25, 0.3) is 0 Å². The lowest BCUT2D eigenvalue weighted by Gasteiger charge is -2.06. The first kappa shape index (κ1) is 20.6. The monoisotopic (exact) mass is 426 g/mol. The maximum atomic E-state index is 12.3. The number of ether oxygens (including phenoxy) is 1. The van der Waals surface area contributed by atoms with E-state index < -0.39 is 0 Å². The fraction of sp³-hybridized carbons (Fsp3) is 0.0769. The van der Waals surface area contributed by atoms with E-state index in [4.69, 9.17) is 4.74 Å². The molecule has 5 heteroatoms.